The average molecular weight is 456 g/mol. The molecule has 2 aromatic rings. The summed E-state index contributed by atoms with van der Waals surface area (Å²) >= 11 is 0. The lowest BCUT2D eigenvalue weighted by Gasteiger charge is -2.20. The molecule has 0 radical (unpaired) electrons. The van der Waals surface area contributed by atoms with Gasteiger partial charge in [0.2, 0.25) is 0 Å². The predicted octanol–water partition coefficient (Wildman–Crippen LogP) is 3.44. The normalized spacial score (nSPS) is 12.3. The minimum Gasteiger partial charge on any atom is -0.507 e. The number of nitrogens with one attached hydrogen (secondary N) is 1. The molecule has 1 amide bonds. The van der Waals surface area contributed by atoms with Crippen molar-refractivity contribution >= 4 is 22.8 Å². The lowest BCUT2D eigenvalue weighted by atomic mass is 9.91. The standard InChI is InChI=1S/C25H29NO7/c1-17(2)24(28)32-16-15-31-14-13-30-12-11-26-25(29)33-23-20-9-5-3-7-18(20)22(27)19-8-4-6-10-21(19)23/h3-7,9,27H,1,8,10-16H2,2H3,(H,26,29). The van der Waals surface area contributed by atoms with E-state index in [-0.39, 0.29) is 25.5 Å². The van der Waals surface area contributed by atoms with Crippen molar-refractivity contribution in [3.05, 3.63) is 59.7 Å². The second-order valence-corrected chi connectivity index (χ2v) is 7.52. The van der Waals surface area contributed by atoms with E-state index >= 15 is 0 Å². The van der Waals surface area contributed by atoms with E-state index in [0.717, 1.165) is 11.1 Å². The van der Waals surface area contributed by atoms with E-state index in [1.54, 1.807) is 6.92 Å². The molecule has 1 aliphatic rings. The fourth-order valence-electron chi connectivity index (χ4n) is 3.44. The van der Waals surface area contributed by atoms with Gasteiger partial charge in [-0.25, -0.2) is 9.59 Å². The fraction of sp³-hybridized carbons (Fsp3) is 0.360. The summed E-state index contributed by atoms with van der Waals surface area (Å²) < 4.78 is 21.3. The molecule has 0 bridgehead atoms. The summed E-state index contributed by atoms with van der Waals surface area (Å²) in [5.41, 5.74) is 1.96. The van der Waals surface area contributed by atoms with Crippen molar-refractivity contribution in [2.75, 3.05) is 39.6 Å². The molecule has 0 saturated carbocycles. The summed E-state index contributed by atoms with van der Waals surface area (Å²) in [5.74, 6) is 0.273. The van der Waals surface area contributed by atoms with Gasteiger partial charge in [0.15, 0.2) is 0 Å². The summed E-state index contributed by atoms with van der Waals surface area (Å²) in [4.78, 5) is 23.6. The number of hydrogen-bond donors (Lipinski definition) is 2. The molecule has 176 valence electrons. The first kappa shape index (κ1) is 24.3. The fourth-order valence-corrected chi connectivity index (χ4v) is 3.44. The molecule has 0 unspecified atom stereocenters. The van der Waals surface area contributed by atoms with Gasteiger partial charge in [0.1, 0.15) is 18.1 Å². The highest BCUT2D eigenvalue weighted by atomic mass is 16.6. The van der Waals surface area contributed by atoms with Gasteiger partial charge in [-0.1, -0.05) is 43.0 Å². The van der Waals surface area contributed by atoms with Crippen molar-refractivity contribution in [3.63, 3.8) is 0 Å². The van der Waals surface area contributed by atoms with Crippen molar-refractivity contribution in [2.45, 2.75) is 19.8 Å². The van der Waals surface area contributed by atoms with E-state index in [1.807, 2.05) is 36.4 Å². The lowest BCUT2D eigenvalue weighted by Crippen LogP contribution is -2.30. The molecular formula is C25H29NO7. The zero-order chi connectivity index (χ0) is 23.6. The minimum absolute atomic E-state index is 0.157. The smallest absolute Gasteiger partial charge is 0.412 e. The highest BCUT2D eigenvalue weighted by Gasteiger charge is 2.22. The first-order valence-corrected chi connectivity index (χ1v) is 10.8. The third kappa shape index (κ3) is 6.57. The first-order valence-electron chi connectivity index (χ1n) is 10.8. The van der Waals surface area contributed by atoms with Crippen LogP contribution in [0.15, 0.2) is 48.6 Å². The van der Waals surface area contributed by atoms with Crippen LogP contribution in [0.1, 0.15) is 18.1 Å². The van der Waals surface area contributed by atoms with Gasteiger partial charge < -0.3 is 29.4 Å². The number of esters is 1. The Bertz CT molecular complexity index is 1040. The zero-order valence-corrected chi connectivity index (χ0v) is 18.7. The van der Waals surface area contributed by atoms with E-state index in [9.17, 15) is 14.7 Å². The highest BCUT2D eigenvalue weighted by molar-refractivity contribution is 5.97. The number of ether oxygens (including phenoxy) is 4. The molecule has 2 N–H and O–H groups in total. The molecule has 0 atom stereocenters. The number of hydrogen-bond acceptors (Lipinski definition) is 7. The number of carbonyl (C=O) groups excluding carboxylic acids is 2. The molecule has 8 nitrogen and oxygen atoms in total. The summed E-state index contributed by atoms with van der Waals surface area (Å²) in [5, 5.41) is 14.7. The molecule has 0 fully saturated rings. The van der Waals surface area contributed by atoms with E-state index in [1.165, 1.54) is 0 Å². The number of amides is 1. The second kappa shape index (κ2) is 12.0. The van der Waals surface area contributed by atoms with Crippen LogP contribution in [0.5, 0.6) is 11.5 Å². The largest absolute Gasteiger partial charge is 0.507 e. The van der Waals surface area contributed by atoms with Gasteiger partial charge in [-0.05, 0) is 19.8 Å². The molecule has 0 aliphatic heterocycles. The average Bonchev–Trinajstić information content (AvgIpc) is 2.82. The molecule has 3 rings (SSSR count). The molecule has 2 aromatic carbocycles. The van der Waals surface area contributed by atoms with E-state index in [0.29, 0.717) is 54.8 Å². The maximum atomic E-state index is 12.4. The zero-order valence-electron chi connectivity index (χ0n) is 18.7. The Labute approximate surface area is 192 Å². The molecule has 33 heavy (non-hydrogen) atoms. The van der Waals surface area contributed by atoms with Crippen molar-refractivity contribution in [1.29, 1.82) is 0 Å². The van der Waals surface area contributed by atoms with Crippen LogP contribution in [0, 0.1) is 0 Å². The van der Waals surface area contributed by atoms with Gasteiger partial charge in [0, 0.05) is 34.0 Å². The Kier molecular flexibility index (Phi) is 8.86. The number of fused-ring (bicyclic) bond motifs is 2. The number of rotatable bonds is 11. The SMILES string of the molecule is C=C(C)C(=O)OCCOCCOCCNC(=O)Oc1c2c(c(O)c3ccccc13)CC=CC2. The van der Waals surface area contributed by atoms with Crippen LogP contribution in [0.2, 0.25) is 0 Å². The Morgan fingerprint density at radius 1 is 0.970 bits per heavy atom. The maximum Gasteiger partial charge on any atom is 0.412 e. The van der Waals surface area contributed by atoms with Crippen molar-refractivity contribution in [2.24, 2.45) is 0 Å². The Hall–Kier alpha value is -3.36. The predicted molar refractivity (Wildman–Crippen MR) is 124 cm³/mol. The second-order valence-electron chi connectivity index (χ2n) is 7.52. The van der Waals surface area contributed by atoms with Gasteiger partial charge >= 0.3 is 12.1 Å². The first-order chi connectivity index (χ1) is 16.0. The van der Waals surface area contributed by atoms with E-state index < -0.39 is 12.1 Å². The minimum atomic E-state index is -0.582. The van der Waals surface area contributed by atoms with Crippen LogP contribution in [0.25, 0.3) is 10.8 Å². The van der Waals surface area contributed by atoms with Gasteiger partial charge in [0.05, 0.1) is 26.4 Å². The third-order valence-electron chi connectivity index (χ3n) is 5.05. The van der Waals surface area contributed by atoms with Crippen molar-refractivity contribution in [1.82, 2.24) is 5.32 Å². The van der Waals surface area contributed by atoms with Gasteiger partial charge in [-0.2, -0.15) is 0 Å². The summed E-state index contributed by atoms with van der Waals surface area (Å²) in [6.07, 6.45) is 4.60. The Morgan fingerprint density at radius 2 is 1.61 bits per heavy atom. The van der Waals surface area contributed by atoms with Crippen molar-refractivity contribution < 1.29 is 33.6 Å². The van der Waals surface area contributed by atoms with Crippen LogP contribution >= 0.6 is 0 Å². The number of phenols is 1. The number of aromatic hydroxyl groups is 1. The molecule has 8 heteroatoms. The molecule has 0 saturated heterocycles. The summed E-state index contributed by atoms with van der Waals surface area (Å²) in [6.45, 7) is 6.75. The Morgan fingerprint density at radius 3 is 2.33 bits per heavy atom. The van der Waals surface area contributed by atoms with Gasteiger partial charge in [-0.15, -0.1) is 0 Å². The van der Waals surface area contributed by atoms with E-state index in [4.69, 9.17) is 18.9 Å². The van der Waals surface area contributed by atoms with Crippen LogP contribution in [0.3, 0.4) is 0 Å². The van der Waals surface area contributed by atoms with Gasteiger partial charge in [-0.3, -0.25) is 0 Å². The molecule has 0 heterocycles. The molecule has 0 spiro atoms. The summed E-state index contributed by atoms with van der Waals surface area (Å²) in [7, 11) is 0. The van der Waals surface area contributed by atoms with Crippen LogP contribution in [-0.4, -0.2) is 56.7 Å². The number of phenolic OH excluding ortho intramolecular Hbond substituents is 1. The van der Waals surface area contributed by atoms with Crippen molar-refractivity contribution in [3.8, 4) is 11.5 Å². The quantitative estimate of drug-likeness (QED) is 0.232. The topological polar surface area (TPSA) is 103 Å². The molecular weight excluding hydrogens is 426 g/mol. The van der Waals surface area contributed by atoms with Crippen LogP contribution < -0.4 is 10.1 Å². The van der Waals surface area contributed by atoms with Gasteiger partial charge in [0.25, 0.3) is 0 Å². The monoisotopic (exact) mass is 455 g/mol. The number of benzene rings is 2. The maximum absolute atomic E-state index is 12.4. The number of allylic oxidation sites excluding steroid dienone is 2. The van der Waals surface area contributed by atoms with Crippen LogP contribution in [0.4, 0.5) is 4.79 Å². The lowest BCUT2D eigenvalue weighted by molar-refractivity contribution is -0.140. The summed E-state index contributed by atoms with van der Waals surface area (Å²) in [6, 6.07) is 7.33. The third-order valence-corrected chi connectivity index (χ3v) is 5.05. The highest BCUT2D eigenvalue weighted by Crippen LogP contribution is 2.42. The van der Waals surface area contributed by atoms with Crippen LogP contribution in [-0.2, 0) is 31.8 Å². The Balaban J connectivity index is 1.40. The molecule has 0 aromatic heterocycles. The van der Waals surface area contributed by atoms with E-state index in [2.05, 4.69) is 11.9 Å². The molecule has 1 aliphatic carbocycles. The number of carbonyl (C=O) groups is 2.